The number of rotatable bonds is 6. The number of hydrogen-bond donors (Lipinski definition) is 1. The molecule has 0 radical (unpaired) electrons. The molecule has 4 rings (SSSR count). The van der Waals surface area contributed by atoms with Crippen LogP contribution in [-0.4, -0.2) is 23.0 Å². The lowest BCUT2D eigenvalue weighted by molar-refractivity contribution is -0.115. The van der Waals surface area contributed by atoms with E-state index in [0.29, 0.717) is 12.2 Å². The summed E-state index contributed by atoms with van der Waals surface area (Å²) in [7, 11) is 1.68. The summed E-state index contributed by atoms with van der Waals surface area (Å²) >= 11 is 0. The van der Waals surface area contributed by atoms with Gasteiger partial charge in [0.15, 0.2) is 5.82 Å². The summed E-state index contributed by atoms with van der Waals surface area (Å²) < 4.78 is 5.36. The van der Waals surface area contributed by atoms with Crippen molar-refractivity contribution in [2.75, 3.05) is 12.4 Å². The van der Waals surface area contributed by atoms with E-state index in [4.69, 9.17) is 14.7 Å². The normalized spacial score (nSPS) is 12.1. The van der Waals surface area contributed by atoms with Gasteiger partial charge < -0.3 is 10.1 Å². The topological polar surface area (TPSA) is 64.1 Å². The second kappa shape index (κ2) is 8.43. The van der Waals surface area contributed by atoms with Crippen molar-refractivity contribution in [2.45, 2.75) is 39.0 Å². The first-order valence-electron chi connectivity index (χ1n) is 10.1. The van der Waals surface area contributed by atoms with Crippen LogP contribution in [0.3, 0.4) is 0 Å². The molecule has 0 saturated heterocycles. The number of fused-ring (bicyclic) bond motifs is 3. The van der Waals surface area contributed by atoms with Gasteiger partial charge in [0, 0.05) is 5.56 Å². The van der Waals surface area contributed by atoms with E-state index in [1.165, 1.54) is 5.56 Å². The van der Waals surface area contributed by atoms with Gasteiger partial charge in [-0.3, -0.25) is 4.79 Å². The van der Waals surface area contributed by atoms with Crippen LogP contribution in [0.1, 0.15) is 35.9 Å². The SMILES string of the molecule is CCCc1nc2c(nc1NC(=O)Cc1ccccc1)CCc1cc(OC)ccc1-2. The van der Waals surface area contributed by atoms with E-state index < -0.39 is 0 Å². The third-order valence-corrected chi connectivity index (χ3v) is 5.19. The summed E-state index contributed by atoms with van der Waals surface area (Å²) in [6, 6.07) is 15.8. The summed E-state index contributed by atoms with van der Waals surface area (Å²) in [5, 5.41) is 3.00. The molecule has 5 nitrogen and oxygen atoms in total. The Labute approximate surface area is 171 Å². The van der Waals surface area contributed by atoms with E-state index >= 15 is 0 Å². The monoisotopic (exact) mass is 387 g/mol. The van der Waals surface area contributed by atoms with Gasteiger partial charge in [0.05, 0.1) is 30.6 Å². The highest BCUT2D eigenvalue weighted by Gasteiger charge is 2.22. The Kier molecular flexibility index (Phi) is 5.56. The van der Waals surface area contributed by atoms with Crippen LogP contribution in [0, 0.1) is 0 Å². The number of ether oxygens (including phenoxy) is 1. The third-order valence-electron chi connectivity index (χ3n) is 5.19. The van der Waals surface area contributed by atoms with Crippen LogP contribution in [-0.2, 0) is 30.5 Å². The average molecular weight is 387 g/mol. The molecule has 1 amide bonds. The number of carbonyl (C=O) groups is 1. The van der Waals surface area contributed by atoms with Gasteiger partial charge >= 0.3 is 0 Å². The zero-order valence-electron chi connectivity index (χ0n) is 16.9. The van der Waals surface area contributed by atoms with Crippen molar-refractivity contribution in [2.24, 2.45) is 0 Å². The molecule has 148 valence electrons. The zero-order chi connectivity index (χ0) is 20.2. The van der Waals surface area contributed by atoms with Crippen LogP contribution in [0.5, 0.6) is 5.75 Å². The van der Waals surface area contributed by atoms with Crippen molar-refractivity contribution < 1.29 is 9.53 Å². The lowest BCUT2D eigenvalue weighted by atomic mass is 9.91. The van der Waals surface area contributed by atoms with Crippen molar-refractivity contribution >= 4 is 11.7 Å². The standard InChI is InChI=1S/C24H25N3O2/c1-3-7-21-24(27-22(28)14-16-8-5-4-6-9-16)26-20-13-10-17-15-18(29-2)11-12-19(17)23(20)25-21/h4-6,8-9,11-12,15H,3,7,10,13-14H2,1-2H3,(H,26,27,28). The Morgan fingerprint density at radius 3 is 2.69 bits per heavy atom. The number of benzene rings is 2. The molecule has 2 aromatic carbocycles. The predicted molar refractivity (Wildman–Crippen MR) is 114 cm³/mol. The van der Waals surface area contributed by atoms with Gasteiger partial charge in [-0.25, -0.2) is 9.97 Å². The van der Waals surface area contributed by atoms with Crippen molar-refractivity contribution in [1.82, 2.24) is 9.97 Å². The summed E-state index contributed by atoms with van der Waals surface area (Å²) in [4.78, 5) is 22.4. The molecule has 0 aliphatic heterocycles. The van der Waals surface area contributed by atoms with E-state index in [-0.39, 0.29) is 5.91 Å². The Hall–Kier alpha value is -3.21. The maximum absolute atomic E-state index is 12.6. The van der Waals surface area contributed by atoms with Gasteiger partial charge in [-0.15, -0.1) is 0 Å². The van der Waals surface area contributed by atoms with Gasteiger partial charge in [-0.05, 0) is 48.6 Å². The zero-order valence-corrected chi connectivity index (χ0v) is 16.9. The first-order chi connectivity index (χ1) is 14.2. The van der Waals surface area contributed by atoms with E-state index in [1.54, 1.807) is 7.11 Å². The highest BCUT2D eigenvalue weighted by atomic mass is 16.5. The van der Waals surface area contributed by atoms with Gasteiger partial charge in [0.2, 0.25) is 5.91 Å². The molecule has 1 aliphatic rings. The van der Waals surface area contributed by atoms with Crippen molar-refractivity contribution in [3.05, 3.63) is 71.0 Å². The molecule has 29 heavy (non-hydrogen) atoms. The number of amides is 1. The lowest BCUT2D eigenvalue weighted by Gasteiger charge is -2.21. The van der Waals surface area contributed by atoms with E-state index in [9.17, 15) is 4.79 Å². The Bertz CT molecular complexity index is 1030. The van der Waals surface area contributed by atoms with E-state index in [0.717, 1.165) is 59.6 Å². The third kappa shape index (κ3) is 4.14. The smallest absolute Gasteiger partial charge is 0.229 e. The highest BCUT2D eigenvalue weighted by molar-refractivity contribution is 5.92. The number of anilines is 1. The molecular formula is C24H25N3O2. The molecule has 3 aromatic rings. The molecule has 0 atom stereocenters. The van der Waals surface area contributed by atoms with Gasteiger partial charge in [-0.1, -0.05) is 43.7 Å². The largest absolute Gasteiger partial charge is 0.497 e. The van der Waals surface area contributed by atoms with Crippen LogP contribution in [0.2, 0.25) is 0 Å². The minimum atomic E-state index is -0.0660. The Balaban J connectivity index is 1.64. The molecule has 0 spiro atoms. The maximum Gasteiger partial charge on any atom is 0.229 e. The lowest BCUT2D eigenvalue weighted by Crippen LogP contribution is -2.19. The van der Waals surface area contributed by atoms with Gasteiger partial charge in [-0.2, -0.15) is 0 Å². The molecule has 0 bridgehead atoms. The fourth-order valence-corrected chi connectivity index (χ4v) is 3.75. The maximum atomic E-state index is 12.6. The summed E-state index contributed by atoms with van der Waals surface area (Å²) in [6.45, 7) is 2.11. The van der Waals surface area contributed by atoms with E-state index in [2.05, 4.69) is 24.4 Å². The van der Waals surface area contributed by atoms with Crippen molar-refractivity contribution in [3.63, 3.8) is 0 Å². The Morgan fingerprint density at radius 2 is 1.93 bits per heavy atom. The molecular weight excluding hydrogens is 362 g/mol. The number of aromatic nitrogens is 2. The molecule has 1 aromatic heterocycles. The van der Waals surface area contributed by atoms with Crippen molar-refractivity contribution in [3.8, 4) is 17.0 Å². The minimum absolute atomic E-state index is 0.0660. The summed E-state index contributed by atoms with van der Waals surface area (Å²) in [5.41, 5.74) is 6.04. The molecule has 1 aliphatic carbocycles. The molecule has 1 heterocycles. The number of nitrogens with zero attached hydrogens (tertiary/aromatic N) is 2. The van der Waals surface area contributed by atoms with Crippen LogP contribution < -0.4 is 10.1 Å². The first kappa shape index (κ1) is 19.1. The van der Waals surface area contributed by atoms with Crippen LogP contribution in [0.15, 0.2) is 48.5 Å². The second-order valence-electron chi connectivity index (χ2n) is 7.30. The minimum Gasteiger partial charge on any atom is -0.497 e. The van der Waals surface area contributed by atoms with Gasteiger partial charge in [0.1, 0.15) is 5.75 Å². The highest BCUT2D eigenvalue weighted by Crippen LogP contribution is 2.35. The van der Waals surface area contributed by atoms with Crippen LogP contribution >= 0.6 is 0 Å². The number of carbonyl (C=O) groups excluding carboxylic acids is 1. The van der Waals surface area contributed by atoms with Crippen molar-refractivity contribution in [1.29, 1.82) is 0 Å². The van der Waals surface area contributed by atoms with Crippen LogP contribution in [0.25, 0.3) is 11.3 Å². The summed E-state index contributed by atoms with van der Waals surface area (Å²) in [5.74, 6) is 1.39. The first-order valence-corrected chi connectivity index (χ1v) is 10.1. The molecule has 5 heteroatoms. The fourth-order valence-electron chi connectivity index (χ4n) is 3.75. The quantitative estimate of drug-likeness (QED) is 0.682. The molecule has 0 unspecified atom stereocenters. The Morgan fingerprint density at radius 1 is 1.10 bits per heavy atom. The number of nitrogens with one attached hydrogen (secondary N) is 1. The number of aryl methyl sites for hydroxylation is 3. The second-order valence-corrected chi connectivity index (χ2v) is 7.30. The molecule has 1 N–H and O–H groups in total. The number of methoxy groups -OCH3 is 1. The molecule has 0 fully saturated rings. The fraction of sp³-hybridized carbons (Fsp3) is 0.292. The predicted octanol–water partition coefficient (Wildman–Crippen LogP) is 4.38. The van der Waals surface area contributed by atoms with Crippen LogP contribution in [0.4, 0.5) is 5.82 Å². The molecule has 0 saturated carbocycles. The van der Waals surface area contributed by atoms with Gasteiger partial charge in [0.25, 0.3) is 0 Å². The summed E-state index contributed by atoms with van der Waals surface area (Å²) in [6.07, 6.45) is 3.72. The average Bonchev–Trinajstić information content (AvgIpc) is 2.74. The van der Waals surface area contributed by atoms with E-state index in [1.807, 2.05) is 36.4 Å². The number of hydrogen-bond acceptors (Lipinski definition) is 4.